The van der Waals surface area contributed by atoms with Gasteiger partial charge in [-0.2, -0.15) is 0 Å². The van der Waals surface area contributed by atoms with Gasteiger partial charge in [0.25, 0.3) is 0 Å². The normalized spacial score (nSPS) is 24.2. The number of aromatic nitrogens is 1. The van der Waals surface area contributed by atoms with Gasteiger partial charge in [-0.05, 0) is 0 Å². The Morgan fingerprint density at radius 1 is 1.59 bits per heavy atom. The molecule has 0 spiro atoms. The molecule has 6 heteroatoms. The average molecular weight is 253 g/mol. The maximum absolute atomic E-state index is 11.8. The van der Waals surface area contributed by atoms with Crippen molar-refractivity contribution in [2.75, 3.05) is 24.6 Å². The van der Waals surface area contributed by atoms with Crippen LogP contribution in [0.5, 0.6) is 0 Å². The molecule has 3 heterocycles. The topological polar surface area (TPSA) is 65.5 Å². The summed E-state index contributed by atoms with van der Waals surface area (Å²) in [5, 5.41) is 13.2. The smallest absolute Gasteiger partial charge is 0.229 e. The third-order valence-electron chi connectivity index (χ3n) is 3.29. The number of fused-ring (bicyclic) bond motifs is 1. The first kappa shape index (κ1) is 11.1. The molecule has 2 aliphatic heterocycles. The number of carbonyl (C=O) groups is 1. The van der Waals surface area contributed by atoms with Gasteiger partial charge in [-0.3, -0.25) is 9.69 Å². The van der Waals surface area contributed by atoms with Crippen molar-refractivity contribution < 1.29 is 9.90 Å². The van der Waals surface area contributed by atoms with Crippen LogP contribution >= 0.6 is 11.3 Å². The largest absolute Gasteiger partial charge is 0.396 e. The quantitative estimate of drug-likeness (QED) is 0.786. The van der Waals surface area contributed by atoms with Gasteiger partial charge in [-0.25, -0.2) is 4.98 Å². The van der Waals surface area contributed by atoms with Gasteiger partial charge in [0.2, 0.25) is 5.91 Å². The lowest BCUT2D eigenvalue weighted by Gasteiger charge is -2.11. The standard InChI is InChI=1S/C11H15N3O2S/c15-6-7-3-10(16)14(5-7)11-13-8-1-2-12-4-9(8)17-11/h7,12,15H,1-6H2. The minimum Gasteiger partial charge on any atom is -0.396 e. The van der Waals surface area contributed by atoms with Gasteiger partial charge < -0.3 is 10.4 Å². The van der Waals surface area contributed by atoms with Crippen molar-refractivity contribution >= 4 is 22.4 Å². The number of anilines is 1. The summed E-state index contributed by atoms with van der Waals surface area (Å²) in [6.45, 7) is 2.51. The maximum atomic E-state index is 11.8. The van der Waals surface area contributed by atoms with E-state index in [0.717, 1.165) is 30.3 Å². The minimum atomic E-state index is 0.0709. The highest BCUT2D eigenvalue weighted by Gasteiger charge is 2.32. The summed E-state index contributed by atoms with van der Waals surface area (Å²) < 4.78 is 0. The van der Waals surface area contributed by atoms with E-state index in [1.54, 1.807) is 16.2 Å². The van der Waals surface area contributed by atoms with Crippen LogP contribution in [0.3, 0.4) is 0 Å². The number of aliphatic hydroxyl groups excluding tert-OH is 1. The maximum Gasteiger partial charge on any atom is 0.229 e. The first-order valence-electron chi connectivity index (χ1n) is 5.88. The van der Waals surface area contributed by atoms with Gasteiger partial charge in [0.1, 0.15) is 0 Å². The zero-order chi connectivity index (χ0) is 11.8. The third-order valence-corrected chi connectivity index (χ3v) is 4.41. The van der Waals surface area contributed by atoms with E-state index in [2.05, 4.69) is 10.3 Å². The highest BCUT2D eigenvalue weighted by Crippen LogP contribution is 2.32. The average Bonchev–Trinajstić information content (AvgIpc) is 2.91. The van der Waals surface area contributed by atoms with Crippen LogP contribution in [0.2, 0.25) is 0 Å². The van der Waals surface area contributed by atoms with E-state index in [9.17, 15) is 4.79 Å². The molecule has 0 aromatic carbocycles. The van der Waals surface area contributed by atoms with Crippen molar-refractivity contribution in [1.82, 2.24) is 10.3 Å². The highest BCUT2D eigenvalue weighted by atomic mass is 32.1. The molecular weight excluding hydrogens is 238 g/mol. The number of hydrogen-bond donors (Lipinski definition) is 2. The van der Waals surface area contributed by atoms with E-state index in [0.29, 0.717) is 13.0 Å². The zero-order valence-electron chi connectivity index (χ0n) is 9.48. The number of hydrogen-bond acceptors (Lipinski definition) is 5. The number of carbonyl (C=O) groups excluding carboxylic acids is 1. The fourth-order valence-electron chi connectivity index (χ4n) is 2.32. The van der Waals surface area contributed by atoms with Crippen molar-refractivity contribution in [2.24, 2.45) is 5.92 Å². The van der Waals surface area contributed by atoms with E-state index >= 15 is 0 Å². The van der Waals surface area contributed by atoms with Crippen molar-refractivity contribution in [3.05, 3.63) is 10.6 Å². The second kappa shape index (κ2) is 4.36. The Morgan fingerprint density at radius 2 is 2.47 bits per heavy atom. The number of amides is 1. The van der Waals surface area contributed by atoms with Crippen LogP contribution in [0, 0.1) is 5.92 Å². The van der Waals surface area contributed by atoms with Gasteiger partial charge in [0.05, 0.1) is 5.69 Å². The van der Waals surface area contributed by atoms with Gasteiger partial charge in [0, 0.05) is 49.9 Å². The fraction of sp³-hybridized carbons (Fsp3) is 0.636. The summed E-state index contributed by atoms with van der Waals surface area (Å²) in [6, 6.07) is 0. The van der Waals surface area contributed by atoms with E-state index in [1.165, 1.54) is 4.88 Å². The van der Waals surface area contributed by atoms with Crippen LogP contribution in [-0.2, 0) is 17.8 Å². The van der Waals surface area contributed by atoms with Crippen LogP contribution in [0.25, 0.3) is 0 Å². The van der Waals surface area contributed by atoms with E-state index < -0.39 is 0 Å². The Bertz CT molecular complexity index is 422. The van der Waals surface area contributed by atoms with Crippen molar-refractivity contribution in [3.63, 3.8) is 0 Å². The molecule has 2 N–H and O–H groups in total. The molecule has 1 aromatic rings. The molecule has 92 valence electrons. The molecule has 2 aliphatic rings. The van der Waals surface area contributed by atoms with Crippen LogP contribution in [-0.4, -0.2) is 35.7 Å². The lowest BCUT2D eigenvalue weighted by atomic mass is 10.1. The molecule has 0 radical (unpaired) electrons. The molecule has 1 aromatic heterocycles. The minimum absolute atomic E-state index is 0.0709. The SMILES string of the molecule is O=C1CC(CO)CN1c1nc2c(s1)CNCC2. The molecule has 1 saturated heterocycles. The summed E-state index contributed by atoms with van der Waals surface area (Å²) in [5.41, 5.74) is 1.13. The second-order valence-corrected chi connectivity index (χ2v) is 5.61. The summed E-state index contributed by atoms with van der Waals surface area (Å²) in [7, 11) is 0. The molecule has 1 amide bonds. The predicted octanol–water partition coefficient (Wildman–Crippen LogP) is 0.134. The molecule has 17 heavy (non-hydrogen) atoms. The van der Waals surface area contributed by atoms with Crippen molar-refractivity contribution in [2.45, 2.75) is 19.4 Å². The fourth-order valence-corrected chi connectivity index (χ4v) is 3.42. The molecule has 0 saturated carbocycles. The molecule has 5 nitrogen and oxygen atoms in total. The lowest BCUT2D eigenvalue weighted by Crippen LogP contribution is -2.25. The van der Waals surface area contributed by atoms with Crippen molar-refractivity contribution in [3.8, 4) is 0 Å². The highest BCUT2D eigenvalue weighted by molar-refractivity contribution is 7.16. The monoisotopic (exact) mass is 253 g/mol. The number of nitrogens with zero attached hydrogens (tertiary/aromatic N) is 2. The Morgan fingerprint density at radius 3 is 3.18 bits per heavy atom. The number of nitrogens with one attached hydrogen (secondary N) is 1. The van der Waals surface area contributed by atoms with Gasteiger partial charge in [0.15, 0.2) is 5.13 Å². The third kappa shape index (κ3) is 1.96. The molecule has 0 aliphatic carbocycles. The molecular formula is C11H15N3O2S. The summed E-state index contributed by atoms with van der Waals surface area (Å²) in [6.07, 6.45) is 1.39. The Kier molecular flexibility index (Phi) is 2.85. The Labute approximate surface area is 103 Å². The molecule has 1 unspecified atom stereocenters. The number of thiazole rings is 1. The van der Waals surface area contributed by atoms with Crippen LogP contribution in [0.1, 0.15) is 17.0 Å². The zero-order valence-corrected chi connectivity index (χ0v) is 10.3. The second-order valence-electron chi connectivity index (χ2n) is 4.55. The lowest BCUT2D eigenvalue weighted by molar-refractivity contribution is -0.117. The van der Waals surface area contributed by atoms with Gasteiger partial charge in [-0.1, -0.05) is 11.3 Å². The van der Waals surface area contributed by atoms with Crippen LogP contribution < -0.4 is 10.2 Å². The first-order chi connectivity index (χ1) is 8.28. The molecule has 3 rings (SSSR count). The summed E-state index contributed by atoms with van der Waals surface area (Å²) >= 11 is 1.60. The first-order valence-corrected chi connectivity index (χ1v) is 6.70. The molecule has 1 atom stereocenters. The molecule has 0 bridgehead atoms. The van der Waals surface area contributed by atoms with Crippen LogP contribution in [0.15, 0.2) is 0 Å². The van der Waals surface area contributed by atoms with E-state index in [4.69, 9.17) is 5.11 Å². The predicted molar refractivity (Wildman–Crippen MR) is 65.1 cm³/mol. The Balaban J connectivity index is 1.84. The summed E-state index contributed by atoms with van der Waals surface area (Å²) in [4.78, 5) is 19.3. The van der Waals surface area contributed by atoms with Gasteiger partial charge in [-0.15, -0.1) is 0 Å². The molecule has 1 fully saturated rings. The Hall–Kier alpha value is -0.980. The van der Waals surface area contributed by atoms with Gasteiger partial charge >= 0.3 is 0 Å². The van der Waals surface area contributed by atoms with Crippen molar-refractivity contribution in [1.29, 1.82) is 0 Å². The number of aliphatic hydroxyl groups is 1. The van der Waals surface area contributed by atoms with E-state index in [-0.39, 0.29) is 18.4 Å². The number of rotatable bonds is 2. The summed E-state index contributed by atoms with van der Waals surface area (Å²) in [5.74, 6) is 0.157. The van der Waals surface area contributed by atoms with E-state index in [1.807, 2.05) is 0 Å². The van der Waals surface area contributed by atoms with Crippen LogP contribution in [0.4, 0.5) is 5.13 Å².